The van der Waals surface area contributed by atoms with Crippen LogP contribution in [-0.2, 0) is 6.54 Å². The van der Waals surface area contributed by atoms with Crippen molar-refractivity contribution in [3.05, 3.63) is 47.8 Å². The first-order chi connectivity index (χ1) is 7.28. The van der Waals surface area contributed by atoms with E-state index in [4.69, 9.17) is 4.74 Å². The third-order valence-corrected chi connectivity index (χ3v) is 2.27. The Labute approximate surface area is 89.3 Å². The molecular formula is C12H14N2O. The van der Waals surface area contributed by atoms with Crippen LogP contribution in [0.2, 0.25) is 0 Å². The van der Waals surface area contributed by atoms with Crippen molar-refractivity contribution in [1.29, 1.82) is 0 Å². The lowest BCUT2D eigenvalue weighted by Gasteiger charge is -2.03. The minimum absolute atomic E-state index is 0.803. The minimum atomic E-state index is 0.803. The topological polar surface area (TPSA) is 27.1 Å². The average molecular weight is 202 g/mol. The zero-order valence-corrected chi connectivity index (χ0v) is 8.97. The number of hydrogen-bond donors (Lipinski definition) is 0. The highest BCUT2D eigenvalue weighted by Crippen LogP contribution is 2.12. The van der Waals surface area contributed by atoms with Gasteiger partial charge in [0.15, 0.2) is 0 Å². The molecular weight excluding hydrogens is 188 g/mol. The smallest absolute Gasteiger partial charge is 0.118 e. The van der Waals surface area contributed by atoms with E-state index < -0.39 is 0 Å². The van der Waals surface area contributed by atoms with E-state index in [2.05, 4.69) is 17.2 Å². The lowest BCUT2D eigenvalue weighted by atomic mass is 10.2. The molecule has 0 fully saturated rings. The van der Waals surface area contributed by atoms with Crippen LogP contribution in [0, 0.1) is 6.92 Å². The lowest BCUT2D eigenvalue weighted by Crippen LogP contribution is -1.99. The molecule has 0 aliphatic heterocycles. The molecule has 0 aliphatic rings. The van der Waals surface area contributed by atoms with Crippen LogP contribution in [0.4, 0.5) is 0 Å². The van der Waals surface area contributed by atoms with E-state index in [-0.39, 0.29) is 0 Å². The van der Waals surface area contributed by atoms with Crippen molar-refractivity contribution in [2.45, 2.75) is 13.5 Å². The van der Waals surface area contributed by atoms with Crippen LogP contribution >= 0.6 is 0 Å². The van der Waals surface area contributed by atoms with Gasteiger partial charge in [0.2, 0.25) is 0 Å². The summed E-state index contributed by atoms with van der Waals surface area (Å²) in [6.45, 7) is 2.84. The zero-order valence-electron chi connectivity index (χ0n) is 8.97. The molecule has 3 nitrogen and oxygen atoms in total. The molecule has 0 radical (unpaired) electrons. The fraction of sp³-hybridized carbons (Fsp3) is 0.250. The Kier molecular flexibility index (Phi) is 2.72. The predicted molar refractivity (Wildman–Crippen MR) is 59.1 cm³/mol. The monoisotopic (exact) mass is 202 g/mol. The second-order valence-electron chi connectivity index (χ2n) is 3.56. The van der Waals surface area contributed by atoms with Crippen LogP contribution in [0.1, 0.15) is 11.1 Å². The van der Waals surface area contributed by atoms with Crippen molar-refractivity contribution >= 4 is 0 Å². The Morgan fingerprint density at radius 3 is 2.53 bits per heavy atom. The summed E-state index contributed by atoms with van der Waals surface area (Å²) in [4.78, 5) is 0. The predicted octanol–water partition coefficient (Wildman–Crippen LogP) is 2.25. The molecule has 0 atom stereocenters. The first-order valence-electron chi connectivity index (χ1n) is 4.90. The Balaban J connectivity index is 2.11. The second kappa shape index (κ2) is 4.17. The van der Waals surface area contributed by atoms with Gasteiger partial charge in [0.05, 0.1) is 19.9 Å². The van der Waals surface area contributed by atoms with Gasteiger partial charge in [0.25, 0.3) is 0 Å². The molecule has 0 saturated heterocycles. The van der Waals surface area contributed by atoms with Gasteiger partial charge in [-0.3, -0.25) is 4.68 Å². The van der Waals surface area contributed by atoms with Gasteiger partial charge in [-0.05, 0) is 30.2 Å². The Hall–Kier alpha value is -1.77. The summed E-state index contributed by atoms with van der Waals surface area (Å²) >= 11 is 0. The molecule has 0 aliphatic carbocycles. The average Bonchev–Trinajstić information content (AvgIpc) is 2.65. The largest absolute Gasteiger partial charge is 0.497 e. The number of benzene rings is 1. The van der Waals surface area contributed by atoms with Gasteiger partial charge in [0.1, 0.15) is 5.75 Å². The van der Waals surface area contributed by atoms with Gasteiger partial charge in [-0.1, -0.05) is 12.1 Å². The Morgan fingerprint density at radius 1 is 1.27 bits per heavy atom. The molecule has 1 aromatic carbocycles. The standard InChI is InChI=1S/C12H14N2O/c1-10-7-13-14(8-10)9-11-3-5-12(15-2)6-4-11/h3-8H,9H2,1-2H3. The third kappa shape index (κ3) is 2.37. The normalized spacial score (nSPS) is 10.3. The van der Waals surface area contributed by atoms with Crippen LogP contribution in [-0.4, -0.2) is 16.9 Å². The van der Waals surface area contributed by atoms with Crippen molar-refractivity contribution in [3.63, 3.8) is 0 Å². The van der Waals surface area contributed by atoms with Gasteiger partial charge >= 0.3 is 0 Å². The fourth-order valence-electron chi connectivity index (χ4n) is 1.47. The maximum Gasteiger partial charge on any atom is 0.118 e. The highest BCUT2D eigenvalue weighted by Gasteiger charge is 1.97. The number of nitrogens with zero attached hydrogens (tertiary/aromatic N) is 2. The zero-order chi connectivity index (χ0) is 10.7. The summed E-state index contributed by atoms with van der Waals surface area (Å²) in [5.41, 5.74) is 2.41. The van der Waals surface area contributed by atoms with Crippen LogP contribution in [0.15, 0.2) is 36.7 Å². The van der Waals surface area contributed by atoms with E-state index in [9.17, 15) is 0 Å². The van der Waals surface area contributed by atoms with Crippen molar-refractivity contribution in [1.82, 2.24) is 9.78 Å². The molecule has 15 heavy (non-hydrogen) atoms. The van der Waals surface area contributed by atoms with Gasteiger partial charge < -0.3 is 4.74 Å². The van der Waals surface area contributed by atoms with E-state index in [1.807, 2.05) is 36.1 Å². The number of methoxy groups -OCH3 is 1. The van der Waals surface area contributed by atoms with Crippen LogP contribution in [0.25, 0.3) is 0 Å². The summed E-state index contributed by atoms with van der Waals surface area (Å²) < 4.78 is 7.03. The highest BCUT2D eigenvalue weighted by molar-refractivity contribution is 5.27. The lowest BCUT2D eigenvalue weighted by molar-refractivity contribution is 0.414. The summed E-state index contributed by atoms with van der Waals surface area (Å²) in [5.74, 6) is 0.885. The number of aryl methyl sites for hydroxylation is 1. The van der Waals surface area contributed by atoms with Crippen LogP contribution in [0.3, 0.4) is 0 Å². The van der Waals surface area contributed by atoms with Crippen molar-refractivity contribution in [3.8, 4) is 5.75 Å². The highest BCUT2D eigenvalue weighted by atomic mass is 16.5. The quantitative estimate of drug-likeness (QED) is 0.763. The minimum Gasteiger partial charge on any atom is -0.497 e. The molecule has 0 unspecified atom stereocenters. The van der Waals surface area contributed by atoms with E-state index in [1.165, 1.54) is 11.1 Å². The summed E-state index contributed by atoms with van der Waals surface area (Å²) in [6, 6.07) is 8.03. The number of ether oxygens (including phenoxy) is 1. The van der Waals surface area contributed by atoms with Crippen LogP contribution in [0.5, 0.6) is 5.75 Å². The maximum absolute atomic E-state index is 5.10. The SMILES string of the molecule is COc1ccc(Cn2cc(C)cn2)cc1. The first-order valence-corrected chi connectivity index (χ1v) is 4.90. The maximum atomic E-state index is 5.10. The second-order valence-corrected chi connectivity index (χ2v) is 3.56. The first kappa shape index (κ1) is 9.77. The van der Waals surface area contributed by atoms with Gasteiger partial charge in [0, 0.05) is 6.20 Å². The molecule has 2 rings (SSSR count). The fourth-order valence-corrected chi connectivity index (χ4v) is 1.47. The molecule has 0 N–H and O–H groups in total. The molecule has 2 aromatic rings. The van der Waals surface area contributed by atoms with Crippen molar-refractivity contribution in [2.75, 3.05) is 7.11 Å². The Morgan fingerprint density at radius 2 is 2.00 bits per heavy atom. The number of rotatable bonds is 3. The molecule has 0 amide bonds. The van der Waals surface area contributed by atoms with Crippen molar-refractivity contribution in [2.24, 2.45) is 0 Å². The van der Waals surface area contributed by atoms with Gasteiger partial charge in [-0.2, -0.15) is 5.10 Å². The van der Waals surface area contributed by atoms with E-state index in [0.29, 0.717) is 0 Å². The summed E-state index contributed by atoms with van der Waals surface area (Å²) in [6.07, 6.45) is 3.90. The van der Waals surface area contributed by atoms with Gasteiger partial charge in [-0.15, -0.1) is 0 Å². The molecule has 0 bridgehead atoms. The molecule has 1 heterocycles. The van der Waals surface area contributed by atoms with Crippen LogP contribution < -0.4 is 4.74 Å². The molecule has 1 aromatic heterocycles. The molecule has 0 saturated carbocycles. The Bertz CT molecular complexity index is 431. The molecule has 0 spiro atoms. The van der Waals surface area contributed by atoms with E-state index in [0.717, 1.165) is 12.3 Å². The summed E-state index contributed by atoms with van der Waals surface area (Å²) in [5, 5.41) is 4.24. The van der Waals surface area contributed by atoms with Gasteiger partial charge in [-0.25, -0.2) is 0 Å². The third-order valence-electron chi connectivity index (χ3n) is 2.27. The molecule has 78 valence electrons. The van der Waals surface area contributed by atoms with E-state index >= 15 is 0 Å². The number of aromatic nitrogens is 2. The summed E-state index contributed by atoms with van der Waals surface area (Å²) in [7, 11) is 1.67. The number of hydrogen-bond acceptors (Lipinski definition) is 2. The van der Waals surface area contributed by atoms with E-state index in [1.54, 1.807) is 7.11 Å². The molecule has 3 heteroatoms. The van der Waals surface area contributed by atoms with Crippen molar-refractivity contribution < 1.29 is 4.74 Å².